The first-order chi connectivity index (χ1) is 9.38. The summed E-state index contributed by atoms with van der Waals surface area (Å²) in [6, 6.07) is 1.61. The Morgan fingerprint density at radius 3 is 2.60 bits per heavy atom. The van der Waals surface area contributed by atoms with Crippen LogP contribution in [0.15, 0.2) is 22.0 Å². The normalized spacial score (nSPS) is 10.3. The number of carbonyl (C=O) groups is 2. The summed E-state index contributed by atoms with van der Waals surface area (Å²) in [4.78, 5) is 26.0. The van der Waals surface area contributed by atoms with Gasteiger partial charge in [-0.05, 0) is 22.0 Å². The maximum absolute atomic E-state index is 13.5. The first kappa shape index (κ1) is 14.5. The fraction of sp³-hybridized carbons (Fsp3) is 0. The highest BCUT2D eigenvalue weighted by Gasteiger charge is 2.18. The summed E-state index contributed by atoms with van der Waals surface area (Å²) >= 11 is 3.73. The molecule has 0 spiro atoms. The summed E-state index contributed by atoms with van der Waals surface area (Å²) < 4.78 is 26.5. The van der Waals surface area contributed by atoms with Crippen LogP contribution in [0.25, 0.3) is 0 Å². The molecule has 2 N–H and O–H groups in total. The molecule has 2 aromatic rings. The maximum atomic E-state index is 13.5. The molecular weight excluding hydrogens is 358 g/mol. The molecule has 0 fully saturated rings. The number of hydrogen-bond acceptors (Lipinski definition) is 4. The van der Waals surface area contributed by atoms with E-state index in [1.54, 1.807) is 0 Å². The zero-order chi connectivity index (χ0) is 14.9. The van der Waals surface area contributed by atoms with Crippen LogP contribution in [-0.2, 0) is 0 Å². The highest BCUT2D eigenvalue weighted by molar-refractivity contribution is 9.10. The van der Waals surface area contributed by atoms with E-state index in [0.29, 0.717) is 6.07 Å². The number of carboxylic acids is 1. The summed E-state index contributed by atoms with van der Waals surface area (Å²) in [6.45, 7) is 0. The molecule has 0 aliphatic carbocycles. The monoisotopic (exact) mass is 362 g/mol. The van der Waals surface area contributed by atoms with Gasteiger partial charge in [0, 0.05) is 15.9 Å². The maximum Gasteiger partial charge on any atom is 0.355 e. The second-order valence-corrected chi connectivity index (χ2v) is 5.25. The quantitative estimate of drug-likeness (QED) is 0.878. The molecule has 0 radical (unpaired) electrons. The molecule has 0 bridgehead atoms. The number of amides is 1. The molecule has 0 saturated carbocycles. The number of hydrogen-bond donors (Lipinski definition) is 2. The van der Waals surface area contributed by atoms with Gasteiger partial charge in [0.2, 0.25) is 0 Å². The van der Waals surface area contributed by atoms with Gasteiger partial charge in [-0.1, -0.05) is 0 Å². The molecule has 0 unspecified atom stereocenters. The fourth-order valence-electron chi connectivity index (χ4n) is 1.30. The van der Waals surface area contributed by atoms with Crippen LogP contribution >= 0.6 is 27.3 Å². The van der Waals surface area contributed by atoms with Gasteiger partial charge in [-0.3, -0.25) is 4.79 Å². The molecule has 9 heteroatoms. The number of thiazole rings is 1. The molecule has 0 saturated heterocycles. The molecule has 5 nitrogen and oxygen atoms in total. The topological polar surface area (TPSA) is 79.3 Å². The average Bonchev–Trinajstić information content (AvgIpc) is 2.83. The van der Waals surface area contributed by atoms with Crippen LogP contribution in [0, 0.1) is 11.6 Å². The molecule has 2 rings (SSSR count). The highest BCUT2D eigenvalue weighted by atomic mass is 79.9. The molecule has 1 amide bonds. The number of aromatic carboxylic acids is 1. The van der Waals surface area contributed by atoms with Crippen molar-refractivity contribution in [3.05, 3.63) is 44.3 Å². The van der Waals surface area contributed by atoms with E-state index in [1.807, 2.05) is 0 Å². The van der Waals surface area contributed by atoms with E-state index in [-0.39, 0.29) is 20.9 Å². The van der Waals surface area contributed by atoms with Gasteiger partial charge < -0.3 is 10.4 Å². The predicted molar refractivity (Wildman–Crippen MR) is 71.1 cm³/mol. The Morgan fingerprint density at radius 1 is 1.35 bits per heavy atom. The Morgan fingerprint density at radius 2 is 2.05 bits per heavy atom. The highest BCUT2D eigenvalue weighted by Crippen LogP contribution is 2.27. The number of halogens is 3. The Bertz CT molecular complexity index is 682. The number of rotatable bonds is 3. The van der Waals surface area contributed by atoms with Crippen molar-refractivity contribution in [2.45, 2.75) is 0 Å². The number of aromatic nitrogens is 1. The smallest absolute Gasteiger partial charge is 0.355 e. The largest absolute Gasteiger partial charge is 0.476 e. The van der Waals surface area contributed by atoms with E-state index in [2.05, 4.69) is 26.2 Å². The molecule has 1 aromatic carbocycles. The Labute approximate surface area is 123 Å². The van der Waals surface area contributed by atoms with Crippen molar-refractivity contribution in [3.63, 3.8) is 0 Å². The predicted octanol–water partition coefficient (Wildman–Crippen LogP) is 3.13. The average molecular weight is 363 g/mol. The molecule has 1 aromatic heterocycles. The summed E-state index contributed by atoms with van der Waals surface area (Å²) in [6.07, 6.45) is 0. The third kappa shape index (κ3) is 2.99. The lowest BCUT2D eigenvalue weighted by Crippen LogP contribution is -2.14. The van der Waals surface area contributed by atoms with Crippen LogP contribution in [0.5, 0.6) is 0 Å². The Balaban J connectivity index is 2.25. The number of nitrogens with zero attached hydrogens (tertiary/aromatic N) is 1. The Hall–Kier alpha value is -1.87. The van der Waals surface area contributed by atoms with E-state index < -0.39 is 23.5 Å². The number of carboxylic acid groups (broad SMARTS) is 1. The number of nitrogens with one attached hydrogen (secondary N) is 1. The molecule has 104 valence electrons. The van der Waals surface area contributed by atoms with Crippen molar-refractivity contribution in [3.8, 4) is 0 Å². The molecule has 1 heterocycles. The molecule has 0 aliphatic heterocycles. The van der Waals surface area contributed by atoms with E-state index in [1.165, 1.54) is 5.38 Å². The number of anilines is 1. The van der Waals surface area contributed by atoms with Crippen LogP contribution < -0.4 is 5.32 Å². The van der Waals surface area contributed by atoms with Gasteiger partial charge in [0.15, 0.2) is 16.5 Å². The van der Waals surface area contributed by atoms with Gasteiger partial charge in [-0.25, -0.2) is 18.6 Å². The lowest BCUT2D eigenvalue weighted by molar-refractivity contribution is 0.0691. The number of benzene rings is 1. The van der Waals surface area contributed by atoms with Crippen LogP contribution in [0.2, 0.25) is 0 Å². The Kier molecular flexibility index (Phi) is 4.09. The third-order valence-electron chi connectivity index (χ3n) is 2.16. The van der Waals surface area contributed by atoms with Crippen molar-refractivity contribution in [1.29, 1.82) is 0 Å². The summed E-state index contributed by atoms with van der Waals surface area (Å²) in [7, 11) is 0. The van der Waals surface area contributed by atoms with Crippen LogP contribution in [0.1, 0.15) is 20.3 Å². The number of carbonyl (C=O) groups excluding carboxylic acids is 1. The van der Waals surface area contributed by atoms with Crippen LogP contribution in [0.4, 0.5) is 14.5 Å². The van der Waals surface area contributed by atoms with E-state index >= 15 is 0 Å². The van der Waals surface area contributed by atoms with Gasteiger partial charge in [-0.15, -0.1) is 11.3 Å². The SMILES string of the molecule is O=C(O)c1csc(C(=O)Nc2c(F)cc(F)cc2Br)n1. The zero-order valence-electron chi connectivity index (χ0n) is 9.49. The van der Waals surface area contributed by atoms with Crippen molar-refractivity contribution >= 4 is 44.8 Å². The molecule has 0 atom stereocenters. The van der Waals surface area contributed by atoms with Crippen LogP contribution in [0.3, 0.4) is 0 Å². The van der Waals surface area contributed by atoms with Crippen LogP contribution in [-0.4, -0.2) is 22.0 Å². The van der Waals surface area contributed by atoms with Crippen molar-refractivity contribution in [2.75, 3.05) is 5.32 Å². The van der Waals surface area contributed by atoms with Crippen molar-refractivity contribution < 1.29 is 23.5 Å². The third-order valence-corrected chi connectivity index (χ3v) is 3.63. The summed E-state index contributed by atoms with van der Waals surface area (Å²) in [5.41, 5.74) is -0.526. The van der Waals surface area contributed by atoms with Gasteiger partial charge in [0.05, 0.1) is 5.69 Å². The fourth-order valence-corrected chi connectivity index (χ4v) is 2.50. The first-order valence-corrected chi connectivity index (χ1v) is 6.70. The van der Waals surface area contributed by atoms with Crippen molar-refractivity contribution in [2.24, 2.45) is 0 Å². The van der Waals surface area contributed by atoms with Gasteiger partial charge >= 0.3 is 5.97 Å². The minimum absolute atomic E-state index is 0.0263. The first-order valence-electron chi connectivity index (χ1n) is 5.03. The molecule has 0 aliphatic rings. The summed E-state index contributed by atoms with van der Waals surface area (Å²) in [5, 5.41) is 11.9. The molecular formula is C11H5BrF2N2O3S. The van der Waals surface area contributed by atoms with Gasteiger partial charge in [0.25, 0.3) is 5.91 Å². The molecule has 20 heavy (non-hydrogen) atoms. The zero-order valence-corrected chi connectivity index (χ0v) is 11.9. The van der Waals surface area contributed by atoms with E-state index in [4.69, 9.17) is 5.11 Å². The minimum atomic E-state index is -1.27. The van der Waals surface area contributed by atoms with E-state index in [0.717, 1.165) is 17.4 Å². The lowest BCUT2D eigenvalue weighted by atomic mass is 10.3. The van der Waals surface area contributed by atoms with Gasteiger partial charge in [-0.2, -0.15) is 0 Å². The second kappa shape index (κ2) is 5.63. The lowest BCUT2D eigenvalue weighted by Gasteiger charge is -2.07. The second-order valence-electron chi connectivity index (χ2n) is 3.54. The minimum Gasteiger partial charge on any atom is -0.476 e. The van der Waals surface area contributed by atoms with Crippen molar-refractivity contribution in [1.82, 2.24) is 4.98 Å². The summed E-state index contributed by atoms with van der Waals surface area (Å²) in [5.74, 6) is -3.81. The standard InChI is InChI=1S/C11H5BrF2N2O3S/c12-5-1-4(13)2-6(14)8(5)16-9(17)10-15-7(3-20-10)11(18)19/h1-3H,(H,16,17)(H,18,19). The van der Waals surface area contributed by atoms with E-state index in [9.17, 15) is 18.4 Å². The van der Waals surface area contributed by atoms with Gasteiger partial charge in [0.1, 0.15) is 5.82 Å².